The Labute approximate surface area is 260 Å². The molecule has 0 bridgehead atoms. The molecule has 5 nitrogen and oxygen atoms in total. The molecule has 4 saturated carbocycles. The maximum Gasteiger partial charge on any atom is 0.227 e. The number of amides is 1. The lowest BCUT2D eigenvalue weighted by molar-refractivity contribution is -0.185. The summed E-state index contributed by atoms with van der Waals surface area (Å²) in [6.45, 7) is 17.5. The number of nitrogens with two attached hydrogens (primary N) is 1. The van der Waals surface area contributed by atoms with E-state index in [0.717, 1.165) is 37.7 Å². The van der Waals surface area contributed by atoms with Crippen molar-refractivity contribution in [3.63, 3.8) is 0 Å². The number of allylic oxidation sites excluding steroid dienone is 2. The van der Waals surface area contributed by atoms with E-state index in [-0.39, 0.29) is 46.1 Å². The van der Waals surface area contributed by atoms with Crippen molar-refractivity contribution in [2.24, 2.45) is 50.2 Å². The zero-order chi connectivity index (χ0) is 31.1. The molecule has 0 heterocycles. The Morgan fingerprint density at radius 2 is 1.72 bits per heavy atom. The summed E-state index contributed by atoms with van der Waals surface area (Å²) in [6.07, 6.45) is 13.2. The number of hydrogen-bond donors (Lipinski definition) is 2. The van der Waals surface area contributed by atoms with Gasteiger partial charge >= 0.3 is 0 Å². The van der Waals surface area contributed by atoms with Crippen molar-refractivity contribution in [2.45, 2.75) is 119 Å². The molecule has 1 amide bonds. The molecule has 8 atom stereocenters. The molecule has 5 heteroatoms. The minimum Gasteiger partial charge on any atom is -0.399 e. The monoisotopic (exact) mass is 588 g/mol. The Bertz CT molecular complexity index is 1330. The summed E-state index contributed by atoms with van der Waals surface area (Å²) < 4.78 is 5.82. The van der Waals surface area contributed by atoms with E-state index in [0.29, 0.717) is 29.4 Å². The Morgan fingerprint density at radius 1 is 0.977 bits per heavy atom. The summed E-state index contributed by atoms with van der Waals surface area (Å²) in [5.74, 6) is 1.40. The molecular weight excluding hydrogens is 532 g/mol. The molecule has 236 valence electrons. The van der Waals surface area contributed by atoms with Crippen LogP contribution >= 0.6 is 0 Å². The van der Waals surface area contributed by atoms with Crippen LogP contribution in [-0.4, -0.2) is 18.4 Å². The van der Waals surface area contributed by atoms with Crippen LogP contribution in [0.15, 0.2) is 35.9 Å². The normalized spacial score (nSPS) is 43.4. The summed E-state index contributed by atoms with van der Waals surface area (Å²) in [5, 5.41) is 3.09. The molecule has 0 radical (unpaired) electrons. The summed E-state index contributed by atoms with van der Waals surface area (Å²) in [7, 11) is 0. The van der Waals surface area contributed by atoms with Crippen LogP contribution in [0.5, 0.6) is 0 Å². The second-order valence-electron chi connectivity index (χ2n) is 17.3. The topological polar surface area (TPSA) is 81.4 Å². The smallest absolute Gasteiger partial charge is 0.227 e. The Kier molecular flexibility index (Phi) is 7.31. The summed E-state index contributed by atoms with van der Waals surface area (Å²) in [6, 6.07) is 7.65. The van der Waals surface area contributed by atoms with Crippen LogP contribution in [0.1, 0.15) is 118 Å². The third-order valence-corrected chi connectivity index (χ3v) is 14.4. The number of carbonyl (C=O) groups is 2. The minimum absolute atomic E-state index is 0.0132. The van der Waals surface area contributed by atoms with E-state index in [1.165, 1.54) is 37.7 Å². The van der Waals surface area contributed by atoms with Gasteiger partial charge in [0.2, 0.25) is 5.91 Å². The molecule has 5 aliphatic carbocycles. The lowest BCUT2D eigenvalue weighted by Crippen LogP contribution is -2.65. The molecule has 6 rings (SSSR count). The highest BCUT2D eigenvalue weighted by molar-refractivity contribution is 5.95. The summed E-state index contributed by atoms with van der Waals surface area (Å²) in [5.41, 5.74) is 8.92. The minimum atomic E-state index is -0.484. The fourth-order valence-electron chi connectivity index (χ4n) is 11.7. The number of carbonyl (C=O) groups excluding carboxylic acids is 2. The van der Waals surface area contributed by atoms with Gasteiger partial charge < -0.3 is 15.8 Å². The maximum atomic E-state index is 14.5. The lowest BCUT2D eigenvalue weighted by atomic mass is 9.33. The first-order valence-corrected chi connectivity index (χ1v) is 17.0. The van der Waals surface area contributed by atoms with E-state index in [1.54, 1.807) is 0 Å². The van der Waals surface area contributed by atoms with Crippen molar-refractivity contribution in [3.05, 3.63) is 41.5 Å². The third kappa shape index (κ3) is 4.65. The Morgan fingerprint density at radius 3 is 2.47 bits per heavy atom. The van der Waals surface area contributed by atoms with E-state index in [4.69, 9.17) is 10.5 Å². The van der Waals surface area contributed by atoms with Crippen molar-refractivity contribution in [2.75, 3.05) is 12.5 Å². The highest BCUT2D eigenvalue weighted by Crippen LogP contribution is 2.75. The molecule has 0 saturated heterocycles. The number of hydrogen-bond acceptors (Lipinski definition) is 4. The number of benzene rings is 1. The number of fused-ring (bicyclic) bond motifs is 7. The number of rotatable bonds is 5. The van der Waals surface area contributed by atoms with Crippen molar-refractivity contribution >= 4 is 17.4 Å². The number of anilines is 1. The van der Waals surface area contributed by atoms with Gasteiger partial charge in [-0.25, -0.2) is 0 Å². The molecule has 3 N–H and O–H groups in total. The second kappa shape index (κ2) is 10.2. The second-order valence-corrected chi connectivity index (χ2v) is 17.3. The van der Waals surface area contributed by atoms with E-state index < -0.39 is 5.41 Å². The molecule has 4 fully saturated rings. The first kappa shape index (κ1) is 30.9. The predicted molar refractivity (Wildman–Crippen MR) is 173 cm³/mol. The average molecular weight is 589 g/mol. The largest absolute Gasteiger partial charge is 0.399 e. The average Bonchev–Trinajstić information content (AvgIpc) is 2.92. The van der Waals surface area contributed by atoms with Crippen LogP contribution in [0.25, 0.3) is 0 Å². The standard InChI is InChI=1S/C38H56N2O3/c1-33(2)13-9-14-36(5)30(33)12-15-38(7)31(36)29(41)21-27-28-22-35(4,17-16-34(28,3)18-19-37(27,38)6)32(42)40-24-43-23-25-10-8-11-26(39)20-25/h8,10-11,20-21,28,30-31H,9,12-19,22-24,39H2,1-7H3,(H,40,42)/t28-,30?,31+,34+,35-,36-,37+,38+/m0/s1. The number of nitrogen functional groups attached to an aromatic ring is 1. The van der Waals surface area contributed by atoms with Gasteiger partial charge in [-0.1, -0.05) is 72.6 Å². The van der Waals surface area contributed by atoms with E-state index in [9.17, 15) is 9.59 Å². The molecular formula is C38H56N2O3. The van der Waals surface area contributed by atoms with Crippen LogP contribution in [0.3, 0.4) is 0 Å². The van der Waals surface area contributed by atoms with Crippen molar-refractivity contribution in [1.82, 2.24) is 5.32 Å². The van der Waals surface area contributed by atoms with Crippen LogP contribution in [0.2, 0.25) is 0 Å². The number of ether oxygens (including phenoxy) is 1. The maximum absolute atomic E-state index is 14.5. The Balaban J connectivity index is 1.24. The van der Waals surface area contributed by atoms with Crippen LogP contribution in [-0.2, 0) is 20.9 Å². The fourth-order valence-corrected chi connectivity index (χ4v) is 11.7. The first-order valence-electron chi connectivity index (χ1n) is 17.0. The highest BCUT2D eigenvalue weighted by atomic mass is 16.5. The van der Waals surface area contributed by atoms with Crippen molar-refractivity contribution in [1.29, 1.82) is 0 Å². The van der Waals surface area contributed by atoms with Gasteiger partial charge in [-0.15, -0.1) is 0 Å². The molecule has 1 unspecified atom stereocenters. The van der Waals surface area contributed by atoms with Crippen LogP contribution < -0.4 is 11.1 Å². The van der Waals surface area contributed by atoms with Crippen LogP contribution in [0.4, 0.5) is 5.69 Å². The first-order chi connectivity index (χ1) is 20.1. The quantitative estimate of drug-likeness (QED) is 0.206. The molecule has 1 aromatic rings. The zero-order valence-electron chi connectivity index (χ0n) is 27.9. The molecule has 0 spiro atoms. The molecule has 0 aromatic heterocycles. The lowest BCUT2D eigenvalue weighted by Gasteiger charge is -2.70. The number of nitrogens with one attached hydrogen (secondary N) is 1. The van der Waals surface area contributed by atoms with Gasteiger partial charge in [0.15, 0.2) is 5.78 Å². The van der Waals surface area contributed by atoms with E-state index in [1.807, 2.05) is 24.3 Å². The van der Waals surface area contributed by atoms with Gasteiger partial charge in [-0.2, -0.15) is 0 Å². The van der Waals surface area contributed by atoms with Gasteiger partial charge in [0.25, 0.3) is 0 Å². The SMILES string of the molecule is CC1(C)CCC[C@@]2(C)C1CC[C@]1(C)[C@@H]2C(=O)C=C2[C@@H]3C[C@@](C)(C(=O)NCOCc4cccc(N)c4)CC[C@]3(C)CC[C@]21C. The molecule has 1 aromatic carbocycles. The highest BCUT2D eigenvalue weighted by Gasteiger charge is 2.69. The summed E-state index contributed by atoms with van der Waals surface area (Å²) in [4.78, 5) is 28.2. The Hall–Kier alpha value is -2.14. The summed E-state index contributed by atoms with van der Waals surface area (Å²) >= 11 is 0. The molecule has 43 heavy (non-hydrogen) atoms. The van der Waals surface area contributed by atoms with Crippen LogP contribution in [0, 0.1) is 50.2 Å². The van der Waals surface area contributed by atoms with Gasteiger partial charge in [0.1, 0.15) is 6.73 Å². The molecule has 5 aliphatic rings. The van der Waals surface area contributed by atoms with Gasteiger partial charge in [0, 0.05) is 17.0 Å². The third-order valence-electron chi connectivity index (χ3n) is 14.4. The van der Waals surface area contributed by atoms with Gasteiger partial charge in [-0.3, -0.25) is 9.59 Å². The molecule has 0 aliphatic heterocycles. The fraction of sp³-hybridized carbons (Fsp3) is 0.737. The van der Waals surface area contributed by atoms with E-state index >= 15 is 0 Å². The van der Waals surface area contributed by atoms with Gasteiger partial charge in [-0.05, 0) is 120 Å². The van der Waals surface area contributed by atoms with Crippen molar-refractivity contribution < 1.29 is 14.3 Å². The zero-order valence-corrected chi connectivity index (χ0v) is 27.9. The number of ketones is 1. The van der Waals surface area contributed by atoms with Crippen molar-refractivity contribution in [3.8, 4) is 0 Å². The van der Waals surface area contributed by atoms with Gasteiger partial charge in [0.05, 0.1) is 6.61 Å². The predicted octanol–water partition coefficient (Wildman–Crippen LogP) is 8.23. The van der Waals surface area contributed by atoms with E-state index in [2.05, 4.69) is 59.9 Å².